The summed E-state index contributed by atoms with van der Waals surface area (Å²) in [6, 6.07) is 0. The third kappa shape index (κ3) is 11.3. The van der Waals surface area contributed by atoms with Crippen LogP contribution in [0.1, 0.15) is 27.2 Å². The van der Waals surface area contributed by atoms with E-state index in [1.807, 2.05) is 6.92 Å². The van der Waals surface area contributed by atoms with E-state index in [2.05, 4.69) is 19.2 Å². The Hall–Kier alpha value is -0.610. The minimum atomic E-state index is -0.0549. The van der Waals surface area contributed by atoms with Gasteiger partial charge in [-0.15, -0.1) is 0 Å². The summed E-state index contributed by atoms with van der Waals surface area (Å²) >= 11 is 0. The SMILES string of the molecule is CCOCC(=O)NCCCOCC(C)C. The van der Waals surface area contributed by atoms with Gasteiger partial charge < -0.3 is 14.8 Å². The Labute approximate surface area is 92.3 Å². The molecule has 0 aliphatic carbocycles. The van der Waals surface area contributed by atoms with E-state index in [-0.39, 0.29) is 12.5 Å². The van der Waals surface area contributed by atoms with Gasteiger partial charge in [0.05, 0.1) is 0 Å². The zero-order valence-corrected chi connectivity index (χ0v) is 10.0. The molecule has 0 fully saturated rings. The highest BCUT2D eigenvalue weighted by molar-refractivity contribution is 5.77. The number of hydrogen-bond acceptors (Lipinski definition) is 3. The fraction of sp³-hybridized carbons (Fsp3) is 0.909. The molecule has 0 radical (unpaired) electrons. The van der Waals surface area contributed by atoms with Crippen molar-refractivity contribution in [3.8, 4) is 0 Å². The predicted octanol–water partition coefficient (Wildman–Crippen LogP) is 1.20. The fourth-order valence-electron chi connectivity index (χ4n) is 0.967. The van der Waals surface area contributed by atoms with Crippen molar-refractivity contribution in [3.05, 3.63) is 0 Å². The second-order valence-electron chi connectivity index (χ2n) is 3.81. The lowest BCUT2D eigenvalue weighted by molar-refractivity contribution is -0.125. The molecule has 4 nitrogen and oxygen atoms in total. The minimum absolute atomic E-state index is 0.0549. The highest BCUT2D eigenvalue weighted by atomic mass is 16.5. The van der Waals surface area contributed by atoms with Crippen LogP contribution in [0.25, 0.3) is 0 Å². The Morgan fingerprint density at radius 3 is 2.67 bits per heavy atom. The van der Waals surface area contributed by atoms with E-state index in [4.69, 9.17) is 9.47 Å². The van der Waals surface area contributed by atoms with Crippen LogP contribution in [-0.2, 0) is 14.3 Å². The lowest BCUT2D eigenvalue weighted by Gasteiger charge is -2.07. The zero-order chi connectivity index (χ0) is 11.5. The number of carbonyl (C=O) groups excluding carboxylic acids is 1. The van der Waals surface area contributed by atoms with Gasteiger partial charge in [-0.25, -0.2) is 0 Å². The highest BCUT2D eigenvalue weighted by Crippen LogP contribution is 1.92. The molecule has 0 aromatic rings. The highest BCUT2D eigenvalue weighted by Gasteiger charge is 1.99. The number of hydrogen-bond donors (Lipinski definition) is 1. The molecule has 0 aromatic carbocycles. The molecule has 4 heteroatoms. The molecular weight excluding hydrogens is 194 g/mol. The summed E-state index contributed by atoms with van der Waals surface area (Å²) in [4.78, 5) is 11.1. The van der Waals surface area contributed by atoms with Crippen molar-refractivity contribution >= 4 is 5.91 Å². The van der Waals surface area contributed by atoms with Gasteiger partial charge in [0.25, 0.3) is 0 Å². The van der Waals surface area contributed by atoms with Crippen molar-refractivity contribution in [3.63, 3.8) is 0 Å². The second-order valence-corrected chi connectivity index (χ2v) is 3.81. The van der Waals surface area contributed by atoms with E-state index in [0.29, 0.717) is 25.7 Å². The van der Waals surface area contributed by atoms with E-state index in [0.717, 1.165) is 13.0 Å². The normalized spacial score (nSPS) is 10.7. The van der Waals surface area contributed by atoms with Crippen molar-refractivity contribution in [2.75, 3.05) is 33.0 Å². The fourth-order valence-corrected chi connectivity index (χ4v) is 0.967. The minimum Gasteiger partial charge on any atom is -0.381 e. The molecule has 0 aliphatic rings. The van der Waals surface area contributed by atoms with E-state index in [1.54, 1.807) is 0 Å². The summed E-state index contributed by atoms with van der Waals surface area (Å²) in [6.45, 7) is 8.97. The molecule has 1 N–H and O–H groups in total. The van der Waals surface area contributed by atoms with Gasteiger partial charge in [0.15, 0.2) is 0 Å². The van der Waals surface area contributed by atoms with Gasteiger partial charge >= 0.3 is 0 Å². The molecule has 0 aromatic heterocycles. The zero-order valence-electron chi connectivity index (χ0n) is 10.0. The van der Waals surface area contributed by atoms with Gasteiger partial charge in [0, 0.05) is 26.4 Å². The third-order valence-corrected chi connectivity index (χ3v) is 1.68. The monoisotopic (exact) mass is 217 g/mol. The Morgan fingerprint density at radius 1 is 1.33 bits per heavy atom. The third-order valence-electron chi connectivity index (χ3n) is 1.68. The van der Waals surface area contributed by atoms with Gasteiger partial charge in [-0.3, -0.25) is 4.79 Å². The molecular formula is C11H23NO3. The van der Waals surface area contributed by atoms with Crippen LogP contribution in [0.4, 0.5) is 0 Å². The quantitative estimate of drug-likeness (QED) is 0.590. The lowest BCUT2D eigenvalue weighted by Crippen LogP contribution is -2.29. The average Bonchev–Trinajstić information content (AvgIpc) is 2.19. The topological polar surface area (TPSA) is 47.6 Å². The van der Waals surface area contributed by atoms with Crippen LogP contribution in [0.5, 0.6) is 0 Å². The summed E-state index contributed by atoms with van der Waals surface area (Å²) < 4.78 is 10.3. The standard InChI is InChI=1S/C11H23NO3/c1-4-14-9-11(13)12-6-5-7-15-8-10(2)3/h10H,4-9H2,1-3H3,(H,12,13). The van der Waals surface area contributed by atoms with Gasteiger partial charge in [0.1, 0.15) is 6.61 Å². The first-order chi connectivity index (χ1) is 7.16. The molecule has 0 saturated heterocycles. The molecule has 0 atom stereocenters. The van der Waals surface area contributed by atoms with Crippen molar-refractivity contribution in [2.24, 2.45) is 5.92 Å². The average molecular weight is 217 g/mol. The molecule has 0 aliphatic heterocycles. The van der Waals surface area contributed by atoms with Crippen LogP contribution < -0.4 is 5.32 Å². The summed E-state index contributed by atoms with van der Waals surface area (Å²) in [5, 5.41) is 2.76. The predicted molar refractivity (Wildman–Crippen MR) is 59.8 cm³/mol. The van der Waals surface area contributed by atoms with Crippen molar-refractivity contribution in [1.29, 1.82) is 0 Å². The molecule has 1 amide bonds. The van der Waals surface area contributed by atoms with Crippen molar-refractivity contribution in [2.45, 2.75) is 27.2 Å². The van der Waals surface area contributed by atoms with Gasteiger partial charge in [-0.1, -0.05) is 13.8 Å². The summed E-state index contributed by atoms with van der Waals surface area (Å²) in [6.07, 6.45) is 0.852. The Kier molecular flexibility index (Phi) is 9.52. The first-order valence-electron chi connectivity index (χ1n) is 5.59. The van der Waals surface area contributed by atoms with E-state index in [9.17, 15) is 4.79 Å². The molecule has 0 heterocycles. The first kappa shape index (κ1) is 14.4. The smallest absolute Gasteiger partial charge is 0.245 e. The number of nitrogens with one attached hydrogen (secondary N) is 1. The van der Waals surface area contributed by atoms with E-state index >= 15 is 0 Å². The molecule has 0 saturated carbocycles. The van der Waals surface area contributed by atoms with Crippen LogP contribution in [0.15, 0.2) is 0 Å². The van der Waals surface area contributed by atoms with Gasteiger partial charge in [-0.05, 0) is 19.3 Å². The first-order valence-corrected chi connectivity index (χ1v) is 5.59. The maximum absolute atomic E-state index is 11.1. The van der Waals surface area contributed by atoms with E-state index < -0.39 is 0 Å². The maximum atomic E-state index is 11.1. The number of carbonyl (C=O) groups is 1. The van der Waals surface area contributed by atoms with Crippen LogP contribution in [-0.4, -0.2) is 38.9 Å². The van der Waals surface area contributed by atoms with Gasteiger partial charge in [0.2, 0.25) is 5.91 Å². The Balaban J connectivity index is 3.13. The van der Waals surface area contributed by atoms with Crippen molar-refractivity contribution in [1.82, 2.24) is 5.32 Å². The van der Waals surface area contributed by atoms with Crippen molar-refractivity contribution < 1.29 is 14.3 Å². The molecule has 90 valence electrons. The number of amides is 1. The lowest BCUT2D eigenvalue weighted by atomic mass is 10.2. The molecule has 15 heavy (non-hydrogen) atoms. The van der Waals surface area contributed by atoms with Crippen LogP contribution >= 0.6 is 0 Å². The largest absolute Gasteiger partial charge is 0.381 e. The second kappa shape index (κ2) is 9.93. The Bertz CT molecular complexity index is 160. The summed E-state index contributed by atoms with van der Waals surface area (Å²) in [5.41, 5.74) is 0. The van der Waals surface area contributed by atoms with E-state index in [1.165, 1.54) is 0 Å². The molecule has 0 unspecified atom stereocenters. The summed E-state index contributed by atoms with van der Waals surface area (Å²) in [7, 11) is 0. The van der Waals surface area contributed by atoms with Gasteiger partial charge in [-0.2, -0.15) is 0 Å². The maximum Gasteiger partial charge on any atom is 0.245 e. The van der Waals surface area contributed by atoms with Crippen LogP contribution in [0.2, 0.25) is 0 Å². The summed E-state index contributed by atoms with van der Waals surface area (Å²) in [5.74, 6) is 0.512. The molecule has 0 rings (SSSR count). The Morgan fingerprint density at radius 2 is 2.07 bits per heavy atom. The van der Waals surface area contributed by atoms with Crippen LogP contribution in [0, 0.1) is 5.92 Å². The number of ether oxygens (including phenoxy) is 2. The number of rotatable bonds is 9. The molecule has 0 spiro atoms. The molecule has 0 bridgehead atoms. The van der Waals surface area contributed by atoms with Crippen LogP contribution in [0.3, 0.4) is 0 Å².